The first-order chi connectivity index (χ1) is 15.0. The molecule has 3 aromatic rings. The van der Waals surface area contributed by atoms with Crippen LogP contribution in [0.2, 0.25) is 0 Å². The fourth-order valence-electron chi connectivity index (χ4n) is 3.68. The molecule has 1 aliphatic heterocycles. The number of nitrogens with zero attached hydrogens (tertiary/aromatic N) is 2. The van der Waals surface area contributed by atoms with Gasteiger partial charge in [-0.15, -0.1) is 0 Å². The van der Waals surface area contributed by atoms with Gasteiger partial charge in [0.25, 0.3) is 5.91 Å². The van der Waals surface area contributed by atoms with Crippen LogP contribution >= 0.6 is 15.9 Å². The van der Waals surface area contributed by atoms with Gasteiger partial charge in [0, 0.05) is 47.3 Å². The van der Waals surface area contributed by atoms with Gasteiger partial charge in [-0.1, -0.05) is 15.9 Å². The predicted molar refractivity (Wildman–Crippen MR) is 121 cm³/mol. The Labute approximate surface area is 188 Å². The maximum absolute atomic E-state index is 12.5. The molecule has 162 valence electrons. The maximum atomic E-state index is 12.5. The molecule has 7 nitrogen and oxygen atoms in total. The van der Waals surface area contributed by atoms with Gasteiger partial charge in [0.2, 0.25) is 5.76 Å². The van der Waals surface area contributed by atoms with Crippen molar-refractivity contribution in [3.63, 3.8) is 0 Å². The Kier molecular flexibility index (Phi) is 6.18. The molecule has 0 bridgehead atoms. The lowest BCUT2D eigenvalue weighted by atomic mass is 10.1. The molecule has 31 heavy (non-hydrogen) atoms. The van der Waals surface area contributed by atoms with E-state index in [2.05, 4.69) is 20.8 Å². The minimum absolute atomic E-state index is 0.130. The third kappa shape index (κ3) is 4.54. The van der Waals surface area contributed by atoms with Gasteiger partial charge < -0.3 is 23.7 Å². The van der Waals surface area contributed by atoms with Crippen molar-refractivity contribution in [1.82, 2.24) is 4.90 Å². The van der Waals surface area contributed by atoms with Gasteiger partial charge in [0.1, 0.15) is 11.3 Å². The zero-order valence-corrected chi connectivity index (χ0v) is 19.0. The number of halogens is 1. The number of benzene rings is 2. The summed E-state index contributed by atoms with van der Waals surface area (Å²) in [6.45, 7) is 4.06. The highest BCUT2D eigenvalue weighted by Crippen LogP contribution is 2.28. The number of aryl methyl sites for hydroxylation is 1. The lowest BCUT2D eigenvalue weighted by Crippen LogP contribution is -2.49. The summed E-state index contributed by atoms with van der Waals surface area (Å²) >= 11 is 3.42. The van der Waals surface area contributed by atoms with Crippen molar-refractivity contribution in [1.29, 1.82) is 0 Å². The standard InChI is InChI=1S/C23H23BrN2O5/c1-15-19-13-16(24)3-8-20(19)31-22(15)23(28)30-14-21(27)26-11-9-25(10-12-26)17-4-6-18(29-2)7-5-17/h3-8,13H,9-12,14H2,1-2H3. The highest BCUT2D eigenvalue weighted by molar-refractivity contribution is 9.10. The van der Waals surface area contributed by atoms with Crippen LogP contribution in [0, 0.1) is 6.92 Å². The number of hydrogen-bond donors (Lipinski definition) is 0. The van der Waals surface area contributed by atoms with Crippen LogP contribution in [0.1, 0.15) is 16.1 Å². The van der Waals surface area contributed by atoms with Gasteiger partial charge in [-0.25, -0.2) is 4.79 Å². The Bertz CT molecular complexity index is 1100. The number of hydrogen-bond acceptors (Lipinski definition) is 6. The molecule has 1 aromatic heterocycles. The van der Waals surface area contributed by atoms with Gasteiger partial charge in [0.15, 0.2) is 6.61 Å². The number of fused-ring (bicyclic) bond motifs is 1. The molecule has 0 aliphatic carbocycles. The Morgan fingerprint density at radius 2 is 1.77 bits per heavy atom. The van der Waals surface area contributed by atoms with E-state index in [1.54, 1.807) is 25.0 Å². The molecule has 0 N–H and O–H groups in total. The molecule has 0 spiro atoms. The highest BCUT2D eigenvalue weighted by Gasteiger charge is 2.24. The molecule has 1 fully saturated rings. The number of carbonyl (C=O) groups is 2. The number of piperazine rings is 1. The van der Waals surface area contributed by atoms with E-state index in [1.165, 1.54) is 0 Å². The van der Waals surface area contributed by atoms with Crippen LogP contribution in [0.4, 0.5) is 5.69 Å². The van der Waals surface area contributed by atoms with E-state index in [-0.39, 0.29) is 18.3 Å². The van der Waals surface area contributed by atoms with Gasteiger partial charge >= 0.3 is 5.97 Å². The van der Waals surface area contributed by atoms with Crippen molar-refractivity contribution in [2.24, 2.45) is 0 Å². The smallest absolute Gasteiger partial charge is 0.375 e. The van der Waals surface area contributed by atoms with E-state index in [0.717, 1.165) is 21.3 Å². The molecule has 0 atom stereocenters. The van der Waals surface area contributed by atoms with Crippen molar-refractivity contribution < 1.29 is 23.5 Å². The average Bonchev–Trinajstić information content (AvgIpc) is 3.13. The maximum Gasteiger partial charge on any atom is 0.375 e. The molecule has 4 rings (SSSR count). The van der Waals surface area contributed by atoms with Crippen LogP contribution in [0.5, 0.6) is 5.75 Å². The Morgan fingerprint density at radius 1 is 1.06 bits per heavy atom. The third-order valence-electron chi connectivity index (χ3n) is 5.48. The zero-order valence-electron chi connectivity index (χ0n) is 17.4. The summed E-state index contributed by atoms with van der Waals surface area (Å²) in [6, 6.07) is 13.4. The van der Waals surface area contributed by atoms with Gasteiger partial charge in [-0.05, 0) is 49.4 Å². The fraction of sp³-hybridized carbons (Fsp3) is 0.304. The number of anilines is 1. The van der Waals surface area contributed by atoms with Crippen LogP contribution in [-0.2, 0) is 9.53 Å². The summed E-state index contributed by atoms with van der Waals surface area (Å²) < 4.78 is 17.0. The Hall–Kier alpha value is -3.00. The molecule has 1 amide bonds. The topological polar surface area (TPSA) is 72.2 Å². The summed E-state index contributed by atoms with van der Waals surface area (Å²) in [5.74, 6) is 0.103. The summed E-state index contributed by atoms with van der Waals surface area (Å²) in [5, 5.41) is 0.835. The average molecular weight is 487 g/mol. The van der Waals surface area contributed by atoms with E-state index in [1.807, 2.05) is 36.4 Å². The largest absolute Gasteiger partial charge is 0.497 e. The van der Waals surface area contributed by atoms with E-state index in [9.17, 15) is 9.59 Å². The molecule has 0 saturated carbocycles. The molecular weight excluding hydrogens is 464 g/mol. The highest BCUT2D eigenvalue weighted by atomic mass is 79.9. The minimum Gasteiger partial charge on any atom is -0.497 e. The van der Waals surface area contributed by atoms with E-state index >= 15 is 0 Å². The number of carbonyl (C=O) groups excluding carboxylic acids is 2. The Balaban J connectivity index is 1.31. The fourth-order valence-corrected chi connectivity index (χ4v) is 4.04. The number of esters is 1. The molecule has 8 heteroatoms. The van der Waals surface area contributed by atoms with Crippen molar-refractivity contribution in [2.45, 2.75) is 6.92 Å². The first-order valence-electron chi connectivity index (χ1n) is 9.99. The molecule has 1 aliphatic rings. The number of rotatable bonds is 5. The summed E-state index contributed by atoms with van der Waals surface area (Å²) in [4.78, 5) is 29.0. The molecule has 0 unspecified atom stereocenters. The van der Waals surface area contributed by atoms with E-state index < -0.39 is 5.97 Å². The SMILES string of the molecule is COc1ccc(N2CCN(C(=O)COC(=O)c3oc4ccc(Br)cc4c3C)CC2)cc1. The van der Waals surface area contributed by atoms with Crippen molar-refractivity contribution >= 4 is 44.5 Å². The van der Waals surface area contributed by atoms with Crippen LogP contribution in [0.15, 0.2) is 51.4 Å². The molecule has 2 heterocycles. The van der Waals surface area contributed by atoms with Gasteiger partial charge in [-0.3, -0.25) is 4.79 Å². The van der Waals surface area contributed by atoms with Crippen LogP contribution in [0.25, 0.3) is 11.0 Å². The predicted octanol–water partition coefficient (Wildman–Crippen LogP) is 4.02. The van der Waals surface area contributed by atoms with Crippen LogP contribution < -0.4 is 9.64 Å². The van der Waals surface area contributed by atoms with E-state index in [4.69, 9.17) is 13.9 Å². The van der Waals surface area contributed by atoms with E-state index in [0.29, 0.717) is 37.3 Å². The first-order valence-corrected chi connectivity index (χ1v) is 10.8. The number of methoxy groups -OCH3 is 1. The first kappa shape index (κ1) is 21.2. The molecule has 0 radical (unpaired) electrons. The number of furan rings is 1. The summed E-state index contributed by atoms with van der Waals surface area (Å²) in [7, 11) is 1.64. The quantitative estimate of drug-likeness (QED) is 0.507. The molecule has 1 saturated heterocycles. The van der Waals surface area contributed by atoms with Crippen molar-refractivity contribution in [2.75, 3.05) is 44.8 Å². The van der Waals surface area contributed by atoms with Crippen molar-refractivity contribution in [3.8, 4) is 5.75 Å². The van der Waals surface area contributed by atoms with Gasteiger partial charge in [0.05, 0.1) is 7.11 Å². The molecular formula is C23H23BrN2O5. The molecule has 2 aromatic carbocycles. The second-order valence-electron chi connectivity index (χ2n) is 7.34. The third-order valence-corrected chi connectivity index (χ3v) is 5.97. The minimum atomic E-state index is -0.630. The monoisotopic (exact) mass is 486 g/mol. The summed E-state index contributed by atoms with van der Waals surface area (Å²) in [5.41, 5.74) is 2.39. The second kappa shape index (κ2) is 9.01. The number of amides is 1. The number of ether oxygens (including phenoxy) is 2. The van der Waals surface area contributed by atoms with Crippen LogP contribution in [0.3, 0.4) is 0 Å². The Morgan fingerprint density at radius 3 is 2.45 bits per heavy atom. The second-order valence-corrected chi connectivity index (χ2v) is 8.25. The normalized spacial score (nSPS) is 14.0. The lowest BCUT2D eigenvalue weighted by molar-refractivity contribution is -0.134. The zero-order chi connectivity index (χ0) is 22.0. The lowest BCUT2D eigenvalue weighted by Gasteiger charge is -2.36. The summed E-state index contributed by atoms with van der Waals surface area (Å²) in [6.07, 6.45) is 0. The van der Waals surface area contributed by atoms with Crippen molar-refractivity contribution in [3.05, 3.63) is 58.3 Å². The van der Waals surface area contributed by atoms with Crippen LogP contribution in [-0.4, -0.2) is 56.7 Å². The van der Waals surface area contributed by atoms with Gasteiger partial charge in [-0.2, -0.15) is 0 Å².